The number of amides is 1. The Hall–Kier alpha value is -3.34. The minimum atomic E-state index is -3.76. The van der Waals surface area contributed by atoms with E-state index in [2.05, 4.69) is 15.5 Å². The molecular weight excluding hydrogens is 460 g/mol. The van der Waals surface area contributed by atoms with Crippen molar-refractivity contribution >= 4 is 33.3 Å². The Morgan fingerprint density at radius 2 is 1.76 bits per heavy atom. The summed E-state index contributed by atoms with van der Waals surface area (Å²) in [5, 5.41) is 12.2. The van der Waals surface area contributed by atoms with Gasteiger partial charge >= 0.3 is 6.01 Å². The molecule has 4 aromatic rings. The number of rotatable bonds is 8. The molecular formula is C23H22N4O4S2. The zero-order chi connectivity index (χ0) is 23.4. The van der Waals surface area contributed by atoms with E-state index in [1.165, 1.54) is 39.9 Å². The average Bonchev–Trinajstić information content (AvgIpc) is 3.50. The molecule has 1 N–H and O–H groups in total. The molecule has 0 saturated carbocycles. The minimum absolute atomic E-state index is 0.0334. The van der Waals surface area contributed by atoms with Crippen molar-refractivity contribution in [1.29, 1.82) is 0 Å². The van der Waals surface area contributed by atoms with E-state index in [4.69, 9.17) is 4.42 Å². The Bertz CT molecular complexity index is 1320. The van der Waals surface area contributed by atoms with E-state index in [0.29, 0.717) is 5.89 Å². The third-order valence-corrected chi connectivity index (χ3v) is 7.75. The fourth-order valence-corrected chi connectivity index (χ4v) is 5.43. The number of anilines is 1. The SMILES string of the molecule is CC(C)N(Cc1ccccc1)S(=O)(=O)c1ccc(C(=O)Nc2nnc(-c3cccs3)o2)cc1. The van der Waals surface area contributed by atoms with Gasteiger partial charge in [0.1, 0.15) is 0 Å². The van der Waals surface area contributed by atoms with Crippen LogP contribution in [0.3, 0.4) is 0 Å². The van der Waals surface area contributed by atoms with E-state index in [9.17, 15) is 13.2 Å². The third-order valence-electron chi connectivity index (χ3n) is 4.86. The van der Waals surface area contributed by atoms with Gasteiger partial charge in [-0.05, 0) is 55.1 Å². The standard InChI is InChI=1S/C23H22N4O4S2/c1-16(2)27(15-17-7-4-3-5-8-17)33(29,30)19-12-10-18(11-13-19)21(28)24-23-26-25-22(31-23)20-9-6-14-32-20/h3-14,16H,15H2,1-2H3,(H,24,26,28). The van der Waals surface area contributed by atoms with Crippen LogP contribution in [0.25, 0.3) is 10.8 Å². The predicted octanol–water partition coefficient (Wildman–Crippen LogP) is 4.65. The monoisotopic (exact) mass is 482 g/mol. The Kier molecular flexibility index (Phi) is 6.68. The molecule has 2 heterocycles. The first-order chi connectivity index (χ1) is 15.8. The van der Waals surface area contributed by atoms with E-state index < -0.39 is 15.9 Å². The highest BCUT2D eigenvalue weighted by atomic mass is 32.2. The maximum Gasteiger partial charge on any atom is 0.322 e. The summed E-state index contributed by atoms with van der Waals surface area (Å²) in [5.74, 6) is -0.167. The summed E-state index contributed by atoms with van der Waals surface area (Å²) >= 11 is 1.44. The van der Waals surface area contributed by atoms with Crippen LogP contribution in [0.4, 0.5) is 6.01 Å². The highest BCUT2D eigenvalue weighted by Crippen LogP contribution is 2.25. The van der Waals surface area contributed by atoms with Crippen molar-refractivity contribution in [3.05, 3.63) is 83.2 Å². The summed E-state index contributed by atoms with van der Waals surface area (Å²) in [5.41, 5.74) is 1.16. The highest BCUT2D eigenvalue weighted by Gasteiger charge is 2.27. The molecule has 4 rings (SSSR count). The lowest BCUT2D eigenvalue weighted by Crippen LogP contribution is -2.36. The summed E-state index contributed by atoms with van der Waals surface area (Å²) in [6.45, 7) is 3.92. The molecule has 0 spiro atoms. The Labute approximate surface area is 196 Å². The number of aromatic nitrogens is 2. The van der Waals surface area contributed by atoms with Crippen LogP contribution in [0.5, 0.6) is 0 Å². The van der Waals surface area contributed by atoms with Gasteiger partial charge < -0.3 is 4.42 Å². The van der Waals surface area contributed by atoms with Gasteiger partial charge in [0, 0.05) is 18.2 Å². The number of benzene rings is 2. The van der Waals surface area contributed by atoms with Gasteiger partial charge in [0.05, 0.1) is 9.77 Å². The Balaban J connectivity index is 1.48. The van der Waals surface area contributed by atoms with Crippen molar-refractivity contribution in [2.24, 2.45) is 0 Å². The molecule has 0 fully saturated rings. The van der Waals surface area contributed by atoms with E-state index in [0.717, 1.165) is 10.4 Å². The summed E-state index contributed by atoms with van der Waals surface area (Å²) in [6, 6.07) is 18.6. The number of hydrogen-bond donors (Lipinski definition) is 1. The van der Waals surface area contributed by atoms with Crippen LogP contribution < -0.4 is 5.32 Å². The van der Waals surface area contributed by atoms with Crippen LogP contribution in [0.15, 0.2) is 81.4 Å². The fourth-order valence-electron chi connectivity index (χ4n) is 3.16. The number of nitrogens with one attached hydrogen (secondary N) is 1. The third kappa shape index (κ3) is 5.19. The first-order valence-electron chi connectivity index (χ1n) is 10.2. The summed E-state index contributed by atoms with van der Waals surface area (Å²) in [4.78, 5) is 13.5. The van der Waals surface area contributed by atoms with Crippen LogP contribution in [-0.4, -0.2) is 34.9 Å². The highest BCUT2D eigenvalue weighted by molar-refractivity contribution is 7.89. The molecule has 33 heavy (non-hydrogen) atoms. The number of carbonyl (C=O) groups is 1. The van der Waals surface area contributed by atoms with Gasteiger partial charge in [0.25, 0.3) is 11.8 Å². The second-order valence-corrected chi connectivity index (χ2v) is 10.3. The zero-order valence-corrected chi connectivity index (χ0v) is 19.6. The summed E-state index contributed by atoms with van der Waals surface area (Å²) in [7, 11) is -3.76. The van der Waals surface area contributed by atoms with E-state index in [1.807, 2.05) is 61.7 Å². The molecule has 0 radical (unpaired) electrons. The van der Waals surface area contributed by atoms with Gasteiger partial charge in [-0.1, -0.05) is 41.5 Å². The molecule has 0 unspecified atom stereocenters. The maximum absolute atomic E-state index is 13.3. The Morgan fingerprint density at radius 1 is 1.03 bits per heavy atom. The average molecular weight is 483 g/mol. The number of thiophene rings is 1. The number of sulfonamides is 1. The molecule has 2 aromatic carbocycles. The molecule has 0 aliphatic carbocycles. The van der Waals surface area contributed by atoms with Gasteiger partial charge in [0.2, 0.25) is 10.0 Å². The maximum atomic E-state index is 13.3. The molecule has 0 aliphatic heterocycles. The quantitative estimate of drug-likeness (QED) is 0.392. The van der Waals surface area contributed by atoms with Crippen molar-refractivity contribution < 1.29 is 17.6 Å². The molecule has 10 heteroatoms. The molecule has 1 amide bonds. The topological polar surface area (TPSA) is 105 Å². The van der Waals surface area contributed by atoms with Crippen molar-refractivity contribution in [2.75, 3.05) is 5.32 Å². The van der Waals surface area contributed by atoms with E-state index in [-0.39, 0.29) is 29.1 Å². The second kappa shape index (κ2) is 9.65. The largest absolute Gasteiger partial charge is 0.402 e. The molecule has 0 saturated heterocycles. The van der Waals surface area contributed by atoms with Crippen LogP contribution in [0, 0.1) is 0 Å². The van der Waals surface area contributed by atoms with Crippen molar-refractivity contribution in [2.45, 2.75) is 31.3 Å². The van der Waals surface area contributed by atoms with Gasteiger partial charge in [0.15, 0.2) is 0 Å². The zero-order valence-electron chi connectivity index (χ0n) is 18.0. The fraction of sp³-hybridized carbons (Fsp3) is 0.174. The van der Waals surface area contributed by atoms with Gasteiger partial charge in [-0.25, -0.2) is 8.42 Å². The first-order valence-corrected chi connectivity index (χ1v) is 12.5. The normalized spacial score (nSPS) is 11.8. The lowest BCUT2D eigenvalue weighted by molar-refractivity contribution is 0.102. The number of hydrogen-bond acceptors (Lipinski definition) is 7. The number of carbonyl (C=O) groups excluding carboxylic acids is 1. The van der Waals surface area contributed by atoms with E-state index in [1.54, 1.807) is 0 Å². The lowest BCUT2D eigenvalue weighted by atomic mass is 10.2. The van der Waals surface area contributed by atoms with Gasteiger partial charge in [-0.2, -0.15) is 4.31 Å². The van der Waals surface area contributed by atoms with Gasteiger partial charge in [-0.3, -0.25) is 10.1 Å². The molecule has 0 bridgehead atoms. The lowest BCUT2D eigenvalue weighted by Gasteiger charge is -2.26. The van der Waals surface area contributed by atoms with Crippen LogP contribution >= 0.6 is 11.3 Å². The van der Waals surface area contributed by atoms with Crippen LogP contribution in [0.1, 0.15) is 29.8 Å². The minimum Gasteiger partial charge on any atom is -0.402 e. The predicted molar refractivity (Wildman–Crippen MR) is 126 cm³/mol. The molecule has 0 aliphatic rings. The second-order valence-electron chi connectivity index (χ2n) is 7.50. The molecule has 0 atom stereocenters. The summed E-state index contributed by atoms with van der Waals surface area (Å²) < 4.78 is 33.4. The first kappa shape index (κ1) is 22.8. The molecule has 2 aromatic heterocycles. The van der Waals surface area contributed by atoms with Crippen molar-refractivity contribution in [1.82, 2.24) is 14.5 Å². The number of nitrogens with zero attached hydrogens (tertiary/aromatic N) is 3. The van der Waals surface area contributed by atoms with Crippen molar-refractivity contribution in [3.63, 3.8) is 0 Å². The molecule has 8 nitrogen and oxygen atoms in total. The van der Waals surface area contributed by atoms with Crippen molar-refractivity contribution in [3.8, 4) is 10.8 Å². The smallest absolute Gasteiger partial charge is 0.322 e. The summed E-state index contributed by atoms with van der Waals surface area (Å²) in [6.07, 6.45) is 0. The van der Waals surface area contributed by atoms with Gasteiger partial charge in [-0.15, -0.1) is 16.4 Å². The van der Waals surface area contributed by atoms with Crippen LogP contribution in [0.2, 0.25) is 0 Å². The van der Waals surface area contributed by atoms with Crippen LogP contribution in [-0.2, 0) is 16.6 Å². The Morgan fingerprint density at radius 3 is 2.39 bits per heavy atom. The van der Waals surface area contributed by atoms with E-state index >= 15 is 0 Å². The molecule has 170 valence electrons.